The van der Waals surface area contributed by atoms with Crippen LogP contribution in [-0.4, -0.2) is 25.7 Å². The van der Waals surface area contributed by atoms with Crippen molar-refractivity contribution in [3.63, 3.8) is 0 Å². The fourth-order valence-corrected chi connectivity index (χ4v) is 2.82. The summed E-state index contributed by atoms with van der Waals surface area (Å²) in [7, 11) is 0. The molecule has 2 rings (SSSR count). The molecule has 1 heterocycles. The van der Waals surface area contributed by atoms with Crippen molar-refractivity contribution in [3.05, 3.63) is 28.7 Å². The molecule has 1 aliphatic rings. The molecule has 16 heavy (non-hydrogen) atoms. The van der Waals surface area contributed by atoms with Crippen LogP contribution in [0.1, 0.15) is 13.8 Å². The third-order valence-corrected chi connectivity index (χ3v) is 3.89. The van der Waals surface area contributed by atoms with Crippen molar-refractivity contribution in [1.29, 1.82) is 0 Å². The monoisotopic (exact) mass is 282 g/mol. The quantitative estimate of drug-likeness (QED) is 0.898. The highest BCUT2D eigenvalue weighted by atomic mass is 79.9. The molecule has 0 aromatic heterocycles. The minimum atomic E-state index is 0.590. The second kappa shape index (κ2) is 5.19. The van der Waals surface area contributed by atoms with Gasteiger partial charge in [0, 0.05) is 30.1 Å². The van der Waals surface area contributed by atoms with Crippen LogP contribution in [-0.2, 0) is 0 Å². The van der Waals surface area contributed by atoms with Crippen molar-refractivity contribution in [2.24, 2.45) is 5.92 Å². The largest absolute Gasteiger partial charge is 0.365 e. The SMILES string of the molecule is CC(C)C1CNCCN1c1ccccc1Br. The highest BCUT2D eigenvalue weighted by Gasteiger charge is 2.25. The average molecular weight is 283 g/mol. The van der Waals surface area contributed by atoms with Crippen molar-refractivity contribution in [2.45, 2.75) is 19.9 Å². The molecule has 0 aliphatic carbocycles. The molecule has 0 saturated carbocycles. The van der Waals surface area contributed by atoms with Gasteiger partial charge in [-0.25, -0.2) is 0 Å². The van der Waals surface area contributed by atoms with Gasteiger partial charge in [-0.1, -0.05) is 26.0 Å². The first-order valence-corrected chi connectivity index (χ1v) is 6.71. The zero-order valence-electron chi connectivity index (χ0n) is 9.91. The van der Waals surface area contributed by atoms with Crippen LogP contribution in [0.5, 0.6) is 0 Å². The Hall–Kier alpha value is -0.540. The van der Waals surface area contributed by atoms with Crippen LogP contribution < -0.4 is 10.2 Å². The predicted molar refractivity (Wildman–Crippen MR) is 73.0 cm³/mol. The molecule has 88 valence electrons. The molecule has 0 bridgehead atoms. The van der Waals surface area contributed by atoms with E-state index in [1.54, 1.807) is 0 Å². The Morgan fingerprint density at radius 1 is 1.38 bits per heavy atom. The smallest absolute Gasteiger partial charge is 0.0514 e. The molecular weight excluding hydrogens is 264 g/mol. The number of anilines is 1. The first-order chi connectivity index (χ1) is 7.70. The highest BCUT2D eigenvalue weighted by Crippen LogP contribution is 2.29. The summed E-state index contributed by atoms with van der Waals surface area (Å²) in [4.78, 5) is 2.52. The number of nitrogens with zero attached hydrogens (tertiary/aromatic N) is 1. The van der Waals surface area contributed by atoms with Crippen molar-refractivity contribution in [3.8, 4) is 0 Å². The Balaban J connectivity index is 2.27. The topological polar surface area (TPSA) is 15.3 Å². The molecule has 1 saturated heterocycles. The molecule has 0 radical (unpaired) electrons. The van der Waals surface area contributed by atoms with Crippen molar-refractivity contribution in [1.82, 2.24) is 5.32 Å². The normalized spacial score (nSPS) is 21.5. The third-order valence-electron chi connectivity index (χ3n) is 3.21. The maximum atomic E-state index is 3.65. The number of nitrogens with one attached hydrogen (secondary N) is 1. The zero-order chi connectivity index (χ0) is 11.5. The molecule has 2 nitrogen and oxygen atoms in total. The molecule has 1 aromatic carbocycles. The second-order valence-corrected chi connectivity index (χ2v) is 5.51. The van der Waals surface area contributed by atoms with Gasteiger partial charge in [0.25, 0.3) is 0 Å². The summed E-state index contributed by atoms with van der Waals surface area (Å²) in [6.45, 7) is 7.83. The zero-order valence-corrected chi connectivity index (χ0v) is 11.5. The Labute approximate surface area is 106 Å². The Bertz CT molecular complexity index is 352. The number of halogens is 1. The minimum Gasteiger partial charge on any atom is -0.365 e. The first kappa shape index (κ1) is 11.9. The van der Waals surface area contributed by atoms with Crippen LogP contribution in [0.3, 0.4) is 0 Å². The molecule has 1 N–H and O–H groups in total. The van der Waals surface area contributed by atoms with Gasteiger partial charge in [0.2, 0.25) is 0 Å². The summed E-state index contributed by atoms with van der Waals surface area (Å²) in [5.74, 6) is 0.667. The predicted octanol–water partition coefficient (Wildman–Crippen LogP) is 2.88. The van der Waals surface area contributed by atoms with Gasteiger partial charge in [-0.05, 0) is 34.0 Å². The fourth-order valence-electron chi connectivity index (χ4n) is 2.30. The summed E-state index contributed by atoms with van der Waals surface area (Å²) < 4.78 is 1.20. The summed E-state index contributed by atoms with van der Waals surface area (Å²) in [6, 6.07) is 9.09. The van der Waals surface area contributed by atoms with Gasteiger partial charge in [-0.3, -0.25) is 0 Å². The van der Waals surface area contributed by atoms with Gasteiger partial charge < -0.3 is 10.2 Å². The molecule has 1 atom stereocenters. The summed E-state index contributed by atoms with van der Waals surface area (Å²) in [6.07, 6.45) is 0. The number of hydrogen-bond donors (Lipinski definition) is 1. The Morgan fingerprint density at radius 3 is 2.81 bits per heavy atom. The molecule has 0 amide bonds. The van der Waals surface area contributed by atoms with E-state index in [1.165, 1.54) is 10.2 Å². The summed E-state index contributed by atoms with van der Waals surface area (Å²) in [5.41, 5.74) is 1.32. The van der Waals surface area contributed by atoms with E-state index < -0.39 is 0 Å². The van der Waals surface area contributed by atoms with Gasteiger partial charge in [0.15, 0.2) is 0 Å². The lowest BCUT2D eigenvalue weighted by Gasteiger charge is -2.40. The number of para-hydroxylation sites is 1. The lowest BCUT2D eigenvalue weighted by molar-refractivity contribution is 0.390. The van der Waals surface area contributed by atoms with E-state index in [2.05, 4.69) is 64.3 Å². The van der Waals surface area contributed by atoms with Crippen LogP contribution in [0, 0.1) is 5.92 Å². The van der Waals surface area contributed by atoms with E-state index >= 15 is 0 Å². The Kier molecular flexibility index (Phi) is 3.87. The maximum absolute atomic E-state index is 3.65. The molecule has 1 aromatic rings. The highest BCUT2D eigenvalue weighted by molar-refractivity contribution is 9.10. The molecular formula is C13H19BrN2. The lowest BCUT2D eigenvalue weighted by Crippen LogP contribution is -2.53. The van der Waals surface area contributed by atoms with Crippen molar-refractivity contribution < 1.29 is 0 Å². The first-order valence-electron chi connectivity index (χ1n) is 5.92. The van der Waals surface area contributed by atoms with Gasteiger partial charge >= 0.3 is 0 Å². The fraction of sp³-hybridized carbons (Fsp3) is 0.538. The third kappa shape index (κ3) is 2.41. The molecule has 3 heteroatoms. The number of hydrogen-bond acceptors (Lipinski definition) is 2. The van der Waals surface area contributed by atoms with E-state index in [0.29, 0.717) is 12.0 Å². The van der Waals surface area contributed by atoms with E-state index in [0.717, 1.165) is 19.6 Å². The van der Waals surface area contributed by atoms with Crippen LogP contribution in [0.25, 0.3) is 0 Å². The van der Waals surface area contributed by atoms with Crippen LogP contribution >= 0.6 is 15.9 Å². The molecule has 0 spiro atoms. The number of rotatable bonds is 2. The van der Waals surface area contributed by atoms with Gasteiger partial charge in [0.05, 0.1) is 5.69 Å². The Morgan fingerprint density at radius 2 is 2.12 bits per heavy atom. The van der Waals surface area contributed by atoms with E-state index in [9.17, 15) is 0 Å². The second-order valence-electron chi connectivity index (χ2n) is 4.66. The van der Waals surface area contributed by atoms with Crippen LogP contribution in [0.4, 0.5) is 5.69 Å². The van der Waals surface area contributed by atoms with Crippen molar-refractivity contribution in [2.75, 3.05) is 24.5 Å². The molecule has 1 unspecified atom stereocenters. The average Bonchev–Trinajstić information content (AvgIpc) is 2.29. The van der Waals surface area contributed by atoms with Gasteiger partial charge in [-0.2, -0.15) is 0 Å². The van der Waals surface area contributed by atoms with Crippen molar-refractivity contribution >= 4 is 21.6 Å². The van der Waals surface area contributed by atoms with Gasteiger partial charge in [-0.15, -0.1) is 0 Å². The lowest BCUT2D eigenvalue weighted by atomic mass is 10.00. The molecule has 1 fully saturated rings. The van der Waals surface area contributed by atoms with E-state index in [1.807, 2.05) is 0 Å². The summed E-state index contributed by atoms with van der Waals surface area (Å²) in [5, 5.41) is 3.48. The van der Waals surface area contributed by atoms with E-state index in [4.69, 9.17) is 0 Å². The van der Waals surface area contributed by atoms with E-state index in [-0.39, 0.29) is 0 Å². The van der Waals surface area contributed by atoms with Gasteiger partial charge in [0.1, 0.15) is 0 Å². The van der Waals surface area contributed by atoms with Crippen LogP contribution in [0.15, 0.2) is 28.7 Å². The molecule has 1 aliphatic heterocycles. The summed E-state index contributed by atoms with van der Waals surface area (Å²) >= 11 is 3.65. The van der Waals surface area contributed by atoms with Crippen LogP contribution in [0.2, 0.25) is 0 Å². The minimum absolute atomic E-state index is 0.590. The maximum Gasteiger partial charge on any atom is 0.0514 e. The number of benzene rings is 1. The standard InChI is InChI=1S/C13H19BrN2/c1-10(2)13-9-15-7-8-16(13)12-6-4-3-5-11(12)14/h3-6,10,13,15H,7-9H2,1-2H3. The number of piperazine rings is 1.